The highest BCUT2D eigenvalue weighted by Gasteiger charge is 2.36. The highest BCUT2D eigenvalue weighted by molar-refractivity contribution is 5.99. The summed E-state index contributed by atoms with van der Waals surface area (Å²) >= 11 is 0. The number of pyridine rings is 1. The van der Waals surface area contributed by atoms with Gasteiger partial charge in [0, 0.05) is 48.6 Å². The van der Waals surface area contributed by atoms with Crippen molar-refractivity contribution in [2.75, 3.05) is 18.6 Å². The molecule has 0 spiro atoms. The summed E-state index contributed by atoms with van der Waals surface area (Å²) < 4.78 is 17.3. The SMILES string of the molecule is CO/N=C1/Cc2c(c(F)cc3c(=O)c(C(=O)O)cn(C4CC4)c23)N2CCCC2C1. The lowest BCUT2D eigenvalue weighted by Gasteiger charge is -2.27. The first-order chi connectivity index (χ1) is 14.0. The number of hydrogen-bond donors (Lipinski definition) is 1. The minimum absolute atomic E-state index is 0.127. The van der Waals surface area contributed by atoms with Gasteiger partial charge in [-0.2, -0.15) is 0 Å². The number of benzene rings is 1. The number of rotatable bonds is 3. The normalized spacial score (nSPS) is 22.5. The summed E-state index contributed by atoms with van der Waals surface area (Å²) in [5.74, 6) is -1.76. The number of fused-ring (bicyclic) bond motifs is 5. The molecule has 1 saturated carbocycles. The maximum Gasteiger partial charge on any atom is 0.341 e. The standard InChI is InChI=1S/C21H22FN3O4/c1-29-23-11-7-13-3-2-6-24(13)19-14(8-11)18-15(9-17(19)22)20(26)16(21(27)28)10-25(18)12-4-5-12/h9-10,12-13H,2-8H2,1H3,(H,27,28)/b23-11+. The van der Waals surface area contributed by atoms with Gasteiger partial charge < -0.3 is 19.4 Å². The van der Waals surface area contributed by atoms with Crippen LogP contribution in [-0.4, -0.2) is 41.1 Å². The second-order valence-electron chi connectivity index (χ2n) is 8.11. The molecule has 3 aliphatic rings. The lowest BCUT2D eigenvalue weighted by atomic mass is 9.98. The molecule has 5 rings (SSSR count). The molecule has 2 fully saturated rings. The number of aromatic nitrogens is 1. The van der Waals surface area contributed by atoms with E-state index in [1.807, 2.05) is 4.57 Å². The Morgan fingerprint density at radius 2 is 2.10 bits per heavy atom. The van der Waals surface area contributed by atoms with Crippen LogP contribution in [-0.2, 0) is 11.3 Å². The lowest BCUT2D eigenvalue weighted by molar-refractivity contribution is 0.0695. The Labute approximate surface area is 166 Å². The summed E-state index contributed by atoms with van der Waals surface area (Å²) in [4.78, 5) is 31.6. The van der Waals surface area contributed by atoms with Gasteiger partial charge in [-0.25, -0.2) is 9.18 Å². The maximum absolute atomic E-state index is 15.4. The Morgan fingerprint density at radius 3 is 2.79 bits per heavy atom. The van der Waals surface area contributed by atoms with Crippen molar-refractivity contribution >= 4 is 28.3 Å². The average Bonchev–Trinajstić information content (AvgIpc) is 3.45. The van der Waals surface area contributed by atoms with E-state index in [0.29, 0.717) is 29.6 Å². The Hall–Kier alpha value is -2.90. The van der Waals surface area contributed by atoms with Crippen molar-refractivity contribution in [3.8, 4) is 0 Å². The van der Waals surface area contributed by atoms with Crippen LogP contribution in [0.5, 0.6) is 0 Å². The van der Waals surface area contributed by atoms with Crippen LogP contribution in [0.2, 0.25) is 0 Å². The number of carboxylic acid groups (broad SMARTS) is 1. The number of oxime groups is 1. The molecular formula is C21H22FN3O4. The molecule has 29 heavy (non-hydrogen) atoms. The lowest BCUT2D eigenvalue weighted by Crippen LogP contribution is -2.30. The molecule has 0 radical (unpaired) electrons. The number of aromatic carboxylic acids is 1. The van der Waals surface area contributed by atoms with Crippen molar-refractivity contribution < 1.29 is 19.1 Å². The number of carbonyl (C=O) groups is 1. The summed E-state index contributed by atoms with van der Waals surface area (Å²) in [6.45, 7) is 0.751. The minimum Gasteiger partial charge on any atom is -0.477 e. The quantitative estimate of drug-likeness (QED) is 0.802. The first kappa shape index (κ1) is 18.1. The molecule has 0 bridgehead atoms. The smallest absolute Gasteiger partial charge is 0.341 e. The Kier molecular flexibility index (Phi) is 4.11. The van der Waals surface area contributed by atoms with Crippen molar-refractivity contribution in [1.82, 2.24) is 4.57 Å². The second kappa shape index (κ2) is 6.57. The van der Waals surface area contributed by atoms with Crippen LogP contribution in [0.4, 0.5) is 10.1 Å². The van der Waals surface area contributed by atoms with Crippen molar-refractivity contribution in [3.63, 3.8) is 0 Å². The number of anilines is 1. The molecule has 2 aromatic rings. The highest BCUT2D eigenvalue weighted by Crippen LogP contribution is 2.43. The first-order valence-electron chi connectivity index (χ1n) is 9.98. The fourth-order valence-electron chi connectivity index (χ4n) is 4.92. The molecule has 1 atom stereocenters. The monoisotopic (exact) mass is 399 g/mol. The molecule has 152 valence electrons. The molecule has 2 aliphatic heterocycles. The van der Waals surface area contributed by atoms with Crippen LogP contribution in [0.15, 0.2) is 22.2 Å². The first-order valence-corrected chi connectivity index (χ1v) is 9.98. The summed E-state index contributed by atoms with van der Waals surface area (Å²) in [7, 11) is 1.49. The molecule has 1 aromatic carbocycles. The number of halogens is 1. The van der Waals surface area contributed by atoms with Gasteiger partial charge in [0.05, 0.1) is 16.9 Å². The number of nitrogens with zero attached hydrogens (tertiary/aromatic N) is 3. The largest absolute Gasteiger partial charge is 0.477 e. The van der Waals surface area contributed by atoms with E-state index in [1.54, 1.807) is 0 Å². The van der Waals surface area contributed by atoms with Crippen LogP contribution in [0.1, 0.15) is 54.1 Å². The van der Waals surface area contributed by atoms with Gasteiger partial charge >= 0.3 is 5.97 Å². The van der Waals surface area contributed by atoms with Crippen molar-refractivity contribution in [3.05, 3.63) is 39.4 Å². The molecule has 1 N–H and O–H groups in total. The van der Waals surface area contributed by atoms with Gasteiger partial charge in [0.2, 0.25) is 5.43 Å². The molecule has 0 amide bonds. The van der Waals surface area contributed by atoms with Gasteiger partial charge in [0.1, 0.15) is 18.5 Å². The zero-order chi connectivity index (χ0) is 20.3. The molecule has 7 nitrogen and oxygen atoms in total. The molecule has 1 saturated heterocycles. The van der Waals surface area contributed by atoms with Crippen molar-refractivity contribution in [2.24, 2.45) is 5.16 Å². The molecule has 8 heteroatoms. The topological polar surface area (TPSA) is 84.1 Å². The Balaban J connectivity index is 1.88. The molecular weight excluding hydrogens is 377 g/mol. The van der Waals surface area contributed by atoms with E-state index in [1.165, 1.54) is 19.4 Å². The third kappa shape index (κ3) is 2.81. The minimum atomic E-state index is -1.29. The fraction of sp³-hybridized carbons (Fsp3) is 0.476. The van der Waals surface area contributed by atoms with Gasteiger partial charge in [-0.3, -0.25) is 4.79 Å². The highest BCUT2D eigenvalue weighted by atomic mass is 19.1. The third-order valence-electron chi connectivity index (χ3n) is 6.25. The Morgan fingerprint density at radius 1 is 1.31 bits per heavy atom. The summed E-state index contributed by atoms with van der Waals surface area (Å²) in [5.41, 5.74) is 1.72. The van der Waals surface area contributed by atoms with Gasteiger partial charge in [0.25, 0.3) is 0 Å². The molecule has 3 heterocycles. The number of hydrogen-bond acceptors (Lipinski definition) is 5. The van der Waals surface area contributed by atoms with Crippen LogP contribution in [0.25, 0.3) is 10.9 Å². The Bertz CT molecular complexity index is 1120. The van der Waals surface area contributed by atoms with E-state index < -0.39 is 17.2 Å². The van der Waals surface area contributed by atoms with Gasteiger partial charge in [-0.1, -0.05) is 5.16 Å². The molecule has 1 aliphatic carbocycles. The van der Waals surface area contributed by atoms with Crippen LogP contribution >= 0.6 is 0 Å². The third-order valence-corrected chi connectivity index (χ3v) is 6.25. The predicted molar refractivity (Wildman–Crippen MR) is 107 cm³/mol. The second-order valence-corrected chi connectivity index (χ2v) is 8.11. The summed E-state index contributed by atoms with van der Waals surface area (Å²) in [5, 5.41) is 13.8. The van der Waals surface area contributed by atoms with Crippen LogP contribution in [0, 0.1) is 5.82 Å². The van der Waals surface area contributed by atoms with E-state index >= 15 is 4.39 Å². The van der Waals surface area contributed by atoms with Crippen molar-refractivity contribution in [1.29, 1.82) is 0 Å². The van der Waals surface area contributed by atoms with Gasteiger partial charge in [-0.15, -0.1) is 0 Å². The van der Waals surface area contributed by atoms with Gasteiger partial charge in [-0.05, 0) is 31.7 Å². The molecule has 1 unspecified atom stereocenters. The van der Waals surface area contributed by atoms with E-state index in [0.717, 1.165) is 37.9 Å². The van der Waals surface area contributed by atoms with Crippen LogP contribution in [0.3, 0.4) is 0 Å². The average molecular weight is 399 g/mol. The number of carboxylic acids is 1. The van der Waals surface area contributed by atoms with E-state index in [2.05, 4.69) is 10.1 Å². The zero-order valence-electron chi connectivity index (χ0n) is 16.2. The van der Waals surface area contributed by atoms with E-state index in [-0.39, 0.29) is 23.0 Å². The zero-order valence-corrected chi connectivity index (χ0v) is 16.2. The maximum atomic E-state index is 15.4. The summed E-state index contributed by atoms with van der Waals surface area (Å²) in [6, 6.07) is 1.51. The summed E-state index contributed by atoms with van der Waals surface area (Å²) in [6.07, 6.45) is 6.24. The van der Waals surface area contributed by atoms with Gasteiger partial charge in [0.15, 0.2) is 0 Å². The van der Waals surface area contributed by atoms with E-state index in [4.69, 9.17) is 4.84 Å². The van der Waals surface area contributed by atoms with Crippen molar-refractivity contribution in [2.45, 2.75) is 50.6 Å². The van der Waals surface area contributed by atoms with Crippen LogP contribution < -0.4 is 10.3 Å². The molecule has 1 aromatic heterocycles. The predicted octanol–water partition coefficient (Wildman–Crippen LogP) is 3.09. The fourth-order valence-corrected chi connectivity index (χ4v) is 4.92. The van der Waals surface area contributed by atoms with E-state index in [9.17, 15) is 14.7 Å².